The molecule has 3 rings (SSSR count). The zero-order valence-corrected chi connectivity index (χ0v) is 14.6. The van der Waals surface area contributed by atoms with Crippen LogP contribution in [0.2, 0.25) is 0 Å². The molecule has 25 heavy (non-hydrogen) atoms. The third-order valence-electron chi connectivity index (χ3n) is 4.47. The monoisotopic (exact) mass is 339 g/mol. The molecular weight excluding hydrogens is 318 g/mol. The highest BCUT2D eigenvalue weighted by atomic mass is 16.5. The van der Waals surface area contributed by atoms with Crippen molar-refractivity contribution in [2.75, 3.05) is 6.61 Å². The minimum Gasteiger partial charge on any atom is -0.463 e. The van der Waals surface area contributed by atoms with Crippen LogP contribution in [0.1, 0.15) is 37.8 Å². The van der Waals surface area contributed by atoms with Gasteiger partial charge >= 0.3 is 11.9 Å². The first-order valence-corrected chi connectivity index (χ1v) is 8.30. The molecule has 1 aromatic carbocycles. The highest BCUT2D eigenvalue weighted by molar-refractivity contribution is 6.02. The van der Waals surface area contributed by atoms with Crippen LogP contribution in [0.4, 0.5) is 0 Å². The summed E-state index contributed by atoms with van der Waals surface area (Å²) < 4.78 is 10.9. The number of hydrogen-bond acceptors (Lipinski definition) is 5. The van der Waals surface area contributed by atoms with Crippen molar-refractivity contribution in [3.63, 3.8) is 0 Å². The van der Waals surface area contributed by atoms with Crippen LogP contribution in [0, 0.1) is 0 Å². The van der Waals surface area contributed by atoms with Gasteiger partial charge in [0.15, 0.2) is 0 Å². The van der Waals surface area contributed by atoms with Gasteiger partial charge in [-0.15, -0.1) is 6.58 Å². The minimum atomic E-state index is -0.485. The maximum Gasteiger partial charge on any atom is 0.342 e. The highest BCUT2D eigenvalue weighted by Crippen LogP contribution is 2.47. The SMILES string of the molecule is C=CCc1cccc2c1OC(=O)C1=C(C)NC(C)=C(C(=O)OCC)[C@H]12. The van der Waals surface area contributed by atoms with Gasteiger partial charge in [-0.2, -0.15) is 0 Å². The van der Waals surface area contributed by atoms with Gasteiger partial charge in [0.25, 0.3) is 0 Å². The quantitative estimate of drug-likeness (QED) is 0.519. The van der Waals surface area contributed by atoms with Gasteiger partial charge in [0.1, 0.15) is 5.75 Å². The molecule has 2 heterocycles. The Hall–Kier alpha value is -2.82. The lowest BCUT2D eigenvalue weighted by molar-refractivity contribution is -0.139. The summed E-state index contributed by atoms with van der Waals surface area (Å²) in [5.41, 5.74) is 3.97. The molecule has 0 radical (unpaired) electrons. The van der Waals surface area contributed by atoms with E-state index in [4.69, 9.17) is 9.47 Å². The first-order chi connectivity index (χ1) is 12.0. The number of dihydropyridines is 1. The highest BCUT2D eigenvalue weighted by Gasteiger charge is 2.43. The number of hydrogen-bond donors (Lipinski definition) is 1. The van der Waals surface area contributed by atoms with E-state index < -0.39 is 17.9 Å². The van der Waals surface area contributed by atoms with Crippen LogP contribution in [-0.2, 0) is 20.7 Å². The van der Waals surface area contributed by atoms with Gasteiger partial charge in [0, 0.05) is 17.0 Å². The third kappa shape index (κ3) is 2.76. The number of fused-ring (bicyclic) bond motifs is 3. The molecule has 2 aliphatic rings. The Morgan fingerprint density at radius 2 is 2.12 bits per heavy atom. The molecule has 0 fully saturated rings. The standard InChI is InChI=1S/C20H21NO4/c1-5-8-13-9-7-10-14-17-15(19(22)24-6-2)11(3)21-12(4)16(17)20(23)25-18(13)14/h5,7,9-10,17,21H,1,6,8H2,2-4H3/t17-/m1/s1. The molecule has 0 saturated heterocycles. The van der Waals surface area contributed by atoms with Gasteiger partial charge in [-0.1, -0.05) is 24.3 Å². The van der Waals surface area contributed by atoms with Gasteiger partial charge in [-0.3, -0.25) is 0 Å². The average Bonchev–Trinajstić information content (AvgIpc) is 2.55. The van der Waals surface area contributed by atoms with E-state index in [0.29, 0.717) is 34.7 Å². The summed E-state index contributed by atoms with van der Waals surface area (Å²) in [6, 6.07) is 5.70. The van der Waals surface area contributed by atoms with E-state index in [9.17, 15) is 9.59 Å². The van der Waals surface area contributed by atoms with Crippen LogP contribution < -0.4 is 10.1 Å². The van der Waals surface area contributed by atoms with Gasteiger partial charge < -0.3 is 14.8 Å². The number of allylic oxidation sites excluding steroid dienone is 3. The van der Waals surface area contributed by atoms with E-state index in [-0.39, 0.29) is 6.61 Å². The molecule has 2 aliphatic heterocycles. The second-order valence-electron chi connectivity index (χ2n) is 6.07. The van der Waals surface area contributed by atoms with Crippen LogP contribution in [0.5, 0.6) is 5.75 Å². The summed E-state index contributed by atoms with van der Waals surface area (Å²) in [7, 11) is 0. The van der Waals surface area contributed by atoms with E-state index in [1.54, 1.807) is 13.0 Å². The van der Waals surface area contributed by atoms with Crippen LogP contribution in [0.3, 0.4) is 0 Å². The van der Waals surface area contributed by atoms with E-state index >= 15 is 0 Å². The van der Waals surface area contributed by atoms with Crippen LogP contribution >= 0.6 is 0 Å². The summed E-state index contributed by atoms with van der Waals surface area (Å²) in [5, 5.41) is 3.11. The van der Waals surface area contributed by atoms with E-state index in [2.05, 4.69) is 11.9 Å². The zero-order valence-electron chi connectivity index (χ0n) is 14.6. The molecule has 0 aliphatic carbocycles. The Morgan fingerprint density at radius 3 is 2.80 bits per heavy atom. The number of ether oxygens (including phenoxy) is 2. The van der Waals surface area contributed by atoms with Crippen molar-refractivity contribution in [1.29, 1.82) is 0 Å². The van der Waals surface area contributed by atoms with E-state index in [0.717, 1.165) is 11.1 Å². The molecule has 0 aromatic heterocycles. The lowest BCUT2D eigenvalue weighted by Crippen LogP contribution is -2.36. The molecule has 0 unspecified atom stereocenters. The fourth-order valence-electron chi connectivity index (χ4n) is 3.48. The second-order valence-corrected chi connectivity index (χ2v) is 6.07. The average molecular weight is 339 g/mol. The molecule has 0 bridgehead atoms. The van der Waals surface area contributed by atoms with Crippen molar-refractivity contribution >= 4 is 11.9 Å². The zero-order chi connectivity index (χ0) is 18.1. The fraction of sp³-hybridized carbons (Fsp3) is 0.300. The summed E-state index contributed by atoms with van der Waals surface area (Å²) in [6.45, 7) is 9.42. The number of esters is 2. The Bertz CT molecular complexity index is 832. The Labute approximate surface area is 147 Å². The van der Waals surface area contributed by atoms with Crippen molar-refractivity contribution in [3.8, 4) is 5.75 Å². The van der Waals surface area contributed by atoms with Crippen LogP contribution in [-0.4, -0.2) is 18.5 Å². The molecule has 0 amide bonds. The van der Waals surface area contributed by atoms with Crippen LogP contribution in [0.15, 0.2) is 53.4 Å². The predicted octanol–water partition coefficient (Wildman–Crippen LogP) is 3.13. The first-order valence-electron chi connectivity index (χ1n) is 8.30. The molecule has 5 nitrogen and oxygen atoms in total. The topological polar surface area (TPSA) is 64.6 Å². The van der Waals surface area contributed by atoms with E-state index in [1.807, 2.05) is 32.0 Å². The molecule has 1 N–H and O–H groups in total. The second kappa shape index (κ2) is 6.59. The van der Waals surface area contributed by atoms with Crippen molar-refractivity contribution < 1.29 is 19.1 Å². The lowest BCUT2D eigenvalue weighted by Gasteiger charge is -2.34. The van der Waals surface area contributed by atoms with Crippen molar-refractivity contribution in [2.45, 2.75) is 33.1 Å². The van der Waals surface area contributed by atoms with E-state index in [1.165, 1.54) is 0 Å². The normalized spacial score (nSPS) is 18.8. The smallest absolute Gasteiger partial charge is 0.342 e. The molecule has 0 saturated carbocycles. The molecule has 1 atom stereocenters. The molecular formula is C20H21NO4. The summed E-state index contributed by atoms with van der Waals surface area (Å²) in [4.78, 5) is 25.3. The summed E-state index contributed by atoms with van der Waals surface area (Å²) in [6.07, 6.45) is 2.34. The maximum absolute atomic E-state index is 12.7. The Kier molecular flexibility index (Phi) is 4.49. The number of carbonyl (C=O) groups excluding carboxylic acids is 2. The Balaban J connectivity index is 2.23. The first kappa shape index (κ1) is 17.0. The van der Waals surface area contributed by atoms with Gasteiger partial charge in [0.05, 0.1) is 23.7 Å². The number of para-hydroxylation sites is 1. The van der Waals surface area contributed by atoms with Gasteiger partial charge in [-0.25, -0.2) is 9.59 Å². The lowest BCUT2D eigenvalue weighted by atomic mass is 9.78. The Morgan fingerprint density at radius 1 is 1.36 bits per heavy atom. The third-order valence-corrected chi connectivity index (χ3v) is 4.47. The van der Waals surface area contributed by atoms with Crippen molar-refractivity contribution in [3.05, 3.63) is 64.5 Å². The molecule has 0 spiro atoms. The number of nitrogens with one attached hydrogen (secondary N) is 1. The number of benzene rings is 1. The number of rotatable bonds is 4. The predicted molar refractivity (Wildman–Crippen MR) is 93.9 cm³/mol. The molecule has 1 aromatic rings. The maximum atomic E-state index is 12.7. The van der Waals surface area contributed by atoms with Gasteiger partial charge in [0.2, 0.25) is 0 Å². The minimum absolute atomic E-state index is 0.272. The fourth-order valence-corrected chi connectivity index (χ4v) is 3.48. The molecule has 5 heteroatoms. The number of carbonyl (C=O) groups is 2. The van der Waals surface area contributed by atoms with Crippen molar-refractivity contribution in [2.24, 2.45) is 0 Å². The largest absolute Gasteiger partial charge is 0.463 e. The van der Waals surface area contributed by atoms with Gasteiger partial charge in [-0.05, 0) is 32.8 Å². The van der Waals surface area contributed by atoms with Crippen LogP contribution in [0.25, 0.3) is 0 Å². The molecule has 130 valence electrons. The summed E-state index contributed by atoms with van der Waals surface area (Å²) >= 11 is 0. The summed E-state index contributed by atoms with van der Waals surface area (Å²) in [5.74, 6) is -0.822. The van der Waals surface area contributed by atoms with Crippen molar-refractivity contribution in [1.82, 2.24) is 5.32 Å².